The molecule has 0 radical (unpaired) electrons. The van der Waals surface area contributed by atoms with E-state index < -0.39 is 0 Å². The van der Waals surface area contributed by atoms with Crippen LogP contribution in [0.25, 0.3) is 70.8 Å². The van der Waals surface area contributed by atoms with Crippen molar-refractivity contribution in [3.8, 4) is 51.7 Å². The van der Waals surface area contributed by atoms with Gasteiger partial charge in [0.1, 0.15) is 46.0 Å². The normalized spacial score (nSPS) is 13.5. The van der Waals surface area contributed by atoms with Crippen LogP contribution in [0.2, 0.25) is 0 Å². The predicted molar refractivity (Wildman–Crippen MR) is 396 cm³/mol. The standard InChI is InChI=1S/C42H36BNO2.C26H26BBrO2.C16H11N/c1-41(2,3)26-16-19-35-32(21-26)43-33-22-27(42(4,5)6)17-20-36(33)46-38-24-28(23-37(45-35)39(38)43)44-34-14-10-9-13-30(34)31-18-15-25-11-7-8-12-29(25)40(31)44;1-25(2,3)15-7-9-20-18(11-15)27-19-12-16(26(4,5)6)8-10-21(19)30-23-14-17(28)13-22(29-20)24(23)27;1-2-6-12-11(5-1)9-10-14-13-7-3-4-8-15(13)17-16(12)14/h7-24H,1-6H3;7-14H,1-6H3;1-10,17H. The van der Waals surface area contributed by atoms with Gasteiger partial charge in [-0.05, 0) is 125 Å². The van der Waals surface area contributed by atoms with Gasteiger partial charge < -0.3 is 28.5 Å². The Balaban J connectivity index is 0.000000124. The number of halogens is 1. The number of H-pyrrole nitrogens is 1. The van der Waals surface area contributed by atoms with Gasteiger partial charge in [-0.25, -0.2) is 0 Å². The molecule has 9 heteroatoms. The van der Waals surface area contributed by atoms with Gasteiger partial charge in [0.2, 0.25) is 0 Å². The highest BCUT2D eigenvalue weighted by atomic mass is 79.9. The number of nitrogens with zero attached hydrogens (tertiary/aromatic N) is 1. The van der Waals surface area contributed by atoms with E-state index in [9.17, 15) is 0 Å². The number of benzene rings is 12. The fourth-order valence-corrected chi connectivity index (χ4v) is 15.0. The molecule has 1 N–H and O–H groups in total. The predicted octanol–water partition coefficient (Wildman–Crippen LogP) is 19.5. The minimum absolute atomic E-state index is 0.00938. The van der Waals surface area contributed by atoms with Gasteiger partial charge in [-0.1, -0.05) is 257 Å². The molecular weight excluding hydrogens is 1200 g/mol. The van der Waals surface area contributed by atoms with Crippen molar-refractivity contribution in [2.24, 2.45) is 0 Å². The van der Waals surface area contributed by atoms with Crippen LogP contribution in [0.4, 0.5) is 0 Å². The molecule has 0 saturated heterocycles. The zero-order valence-electron chi connectivity index (χ0n) is 54.9. The zero-order valence-corrected chi connectivity index (χ0v) is 56.5. The quantitative estimate of drug-likeness (QED) is 0.166. The van der Waals surface area contributed by atoms with E-state index in [1.54, 1.807) is 0 Å². The number of aromatic nitrogens is 2. The molecule has 0 amide bonds. The van der Waals surface area contributed by atoms with Gasteiger partial charge >= 0.3 is 0 Å². The van der Waals surface area contributed by atoms with Crippen molar-refractivity contribution >= 4 is 127 Å². The maximum absolute atomic E-state index is 6.86. The monoisotopic (exact) mass is 1270 g/mol. The van der Waals surface area contributed by atoms with Gasteiger partial charge in [-0.15, -0.1) is 0 Å². The first kappa shape index (κ1) is 58.6. The van der Waals surface area contributed by atoms with Crippen LogP contribution in [0.3, 0.4) is 0 Å². The molecule has 4 aliphatic rings. The average molecular weight is 1280 g/mol. The minimum atomic E-state index is 0.00938. The Bertz CT molecular complexity index is 5260. The lowest BCUT2D eigenvalue weighted by Crippen LogP contribution is -2.57. The Morgan fingerprint density at radius 2 is 0.710 bits per heavy atom. The first-order valence-electron chi connectivity index (χ1n) is 32.6. The largest absolute Gasteiger partial charge is 0.458 e. The second-order valence-corrected chi connectivity index (χ2v) is 30.8. The van der Waals surface area contributed by atoms with E-state index in [1.807, 2.05) is 0 Å². The second-order valence-electron chi connectivity index (χ2n) is 29.9. The van der Waals surface area contributed by atoms with E-state index in [4.69, 9.17) is 18.9 Å². The highest BCUT2D eigenvalue weighted by Gasteiger charge is 2.44. The Labute approximate surface area is 553 Å². The molecule has 0 unspecified atom stereocenters. The number of fused-ring (bicyclic) bond motifs is 18. The maximum Gasteiger partial charge on any atom is 0.260 e. The molecule has 0 atom stereocenters. The first-order valence-corrected chi connectivity index (χ1v) is 33.4. The molecule has 14 aromatic rings. The van der Waals surface area contributed by atoms with Crippen LogP contribution < -0.4 is 51.7 Å². The van der Waals surface area contributed by atoms with E-state index in [1.165, 1.54) is 104 Å². The van der Waals surface area contributed by atoms with Gasteiger partial charge in [-0.3, -0.25) is 0 Å². The molecule has 0 fully saturated rings. The topological polar surface area (TPSA) is 57.6 Å². The average Bonchev–Trinajstić information content (AvgIpc) is 1.72. The lowest BCUT2D eigenvalue weighted by molar-refractivity contribution is 0.462. The Kier molecular flexibility index (Phi) is 13.4. The van der Waals surface area contributed by atoms with Gasteiger partial charge in [-0.2, -0.15) is 0 Å². The summed E-state index contributed by atoms with van der Waals surface area (Å²) < 4.78 is 29.8. The number of ether oxygens (including phenoxy) is 4. The van der Waals surface area contributed by atoms with Crippen molar-refractivity contribution in [3.63, 3.8) is 0 Å². The van der Waals surface area contributed by atoms with Crippen LogP contribution in [-0.4, -0.2) is 23.0 Å². The number of aromatic amines is 1. The second kappa shape index (κ2) is 21.3. The molecule has 18 rings (SSSR count). The van der Waals surface area contributed by atoms with E-state index in [0.29, 0.717) is 0 Å². The van der Waals surface area contributed by atoms with Gasteiger partial charge in [0.15, 0.2) is 0 Å². The summed E-state index contributed by atoms with van der Waals surface area (Å²) in [5.74, 6) is 7.13. The Morgan fingerprint density at radius 3 is 1.17 bits per heavy atom. The van der Waals surface area contributed by atoms with E-state index in [-0.39, 0.29) is 35.1 Å². The van der Waals surface area contributed by atoms with E-state index >= 15 is 0 Å². The van der Waals surface area contributed by atoms with Crippen molar-refractivity contribution in [3.05, 3.63) is 245 Å². The van der Waals surface area contributed by atoms with Crippen LogP contribution in [-0.2, 0) is 21.7 Å². The van der Waals surface area contributed by atoms with Crippen LogP contribution in [0.1, 0.15) is 105 Å². The highest BCUT2D eigenvalue weighted by molar-refractivity contribution is 9.10. The number of hydrogen-bond acceptors (Lipinski definition) is 4. The smallest absolute Gasteiger partial charge is 0.260 e. The summed E-state index contributed by atoms with van der Waals surface area (Å²) in [7, 11) is 0. The summed E-state index contributed by atoms with van der Waals surface area (Å²) in [5, 5.41) is 10.1. The van der Waals surface area contributed by atoms with Crippen molar-refractivity contribution < 1.29 is 18.9 Å². The van der Waals surface area contributed by atoms with Crippen molar-refractivity contribution in [1.82, 2.24) is 9.55 Å². The molecule has 4 aliphatic heterocycles. The molecule has 6 heterocycles. The molecular formula is C84H73B2BrN2O4. The SMILES string of the molecule is CC(C)(C)c1ccc2c(c1)B1c3cc(C(C)(C)C)ccc3Oc3cc(-n4c5ccccc5c5ccc6ccccc6c54)cc(c31)O2.CC(C)(C)c1ccc2c(c1)B1c3cc(C(C)(C)C)ccc3Oc3cc(Br)cc(c31)O2.c1ccc2c(c1)ccc1c3ccccc3[nH]c21. The lowest BCUT2D eigenvalue weighted by Gasteiger charge is -2.35. The van der Waals surface area contributed by atoms with Crippen LogP contribution in [0.15, 0.2) is 223 Å². The Hall–Kier alpha value is -9.43. The fourth-order valence-electron chi connectivity index (χ4n) is 14.5. The summed E-state index contributed by atoms with van der Waals surface area (Å²) in [4.78, 5) is 3.52. The maximum atomic E-state index is 6.86. The minimum Gasteiger partial charge on any atom is -0.458 e. The third kappa shape index (κ3) is 9.91. The zero-order chi connectivity index (χ0) is 64.2. The van der Waals surface area contributed by atoms with Crippen molar-refractivity contribution in [2.45, 2.75) is 105 Å². The van der Waals surface area contributed by atoms with Crippen LogP contribution >= 0.6 is 15.9 Å². The summed E-state index contributed by atoms with van der Waals surface area (Å²) in [6.45, 7) is 27.3. The van der Waals surface area contributed by atoms with Crippen molar-refractivity contribution in [1.29, 1.82) is 0 Å². The molecule has 0 saturated carbocycles. The number of para-hydroxylation sites is 2. The molecule has 0 aliphatic carbocycles. The van der Waals surface area contributed by atoms with Crippen molar-refractivity contribution in [2.75, 3.05) is 0 Å². The molecule has 2 aromatic heterocycles. The highest BCUT2D eigenvalue weighted by Crippen LogP contribution is 2.44. The van der Waals surface area contributed by atoms with Gasteiger partial charge in [0.05, 0.1) is 22.2 Å². The number of hydrogen-bond donors (Lipinski definition) is 1. The summed E-state index contributed by atoms with van der Waals surface area (Å²) >= 11 is 3.62. The van der Waals surface area contributed by atoms with E-state index in [0.717, 1.165) is 72.6 Å². The fraction of sp³-hybridized carbons (Fsp3) is 0.190. The van der Waals surface area contributed by atoms with Crippen LogP contribution in [0.5, 0.6) is 46.0 Å². The van der Waals surface area contributed by atoms with Gasteiger partial charge in [0, 0.05) is 65.4 Å². The first-order chi connectivity index (χ1) is 44.5. The molecule has 0 bridgehead atoms. The number of rotatable bonds is 1. The molecule has 456 valence electrons. The summed E-state index contributed by atoms with van der Waals surface area (Å²) in [6, 6.07) is 78.5. The van der Waals surface area contributed by atoms with Crippen LogP contribution in [0, 0.1) is 0 Å². The lowest BCUT2D eigenvalue weighted by atomic mass is 9.34. The van der Waals surface area contributed by atoms with Gasteiger partial charge in [0.25, 0.3) is 13.4 Å². The molecule has 0 spiro atoms. The Morgan fingerprint density at radius 1 is 0.333 bits per heavy atom. The third-order valence-corrected chi connectivity index (χ3v) is 20.0. The summed E-state index contributed by atoms with van der Waals surface area (Å²) in [6.07, 6.45) is 0. The molecule has 12 aromatic carbocycles. The molecule has 93 heavy (non-hydrogen) atoms. The third-order valence-electron chi connectivity index (χ3n) is 19.6. The summed E-state index contributed by atoms with van der Waals surface area (Å²) in [5.41, 5.74) is 18.3. The number of nitrogens with one attached hydrogen (secondary N) is 1. The molecule has 6 nitrogen and oxygen atoms in total. The van der Waals surface area contributed by atoms with E-state index in [2.05, 4.69) is 327 Å².